The number of aromatic nitrogens is 2. The topological polar surface area (TPSA) is 74.3 Å². The number of methoxy groups -OCH3 is 1. The molecule has 1 fully saturated rings. The molecule has 156 valence electrons. The van der Waals surface area contributed by atoms with Crippen LogP contribution in [0.4, 0.5) is 17.5 Å². The number of thiocarbonyl (C=S) groups is 1. The first-order valence-corrected chi connectivity index (χ1v) is 10.3. The van der Waals surface area contributed by atoms with E-state index in [9.17, 15) is 0 Å². The molecular formula is C21H30N6OS. The molecule has 0 aliphatic heterocycles. The number of benzene rings is 1. The van der Waals surface area contributed by atoms with Crippen molar-refractivity contribution < 1.29 is 4.74 Å². The molecule has 0 bridgehead atoms. The zero-order valence-corrected chi connectivity index (χ0v) is 18.3. The maximum absolute atomic E-state index is 5.52. The van der Waals surface area contributed by atoms with Crippen molar-refractivity contribution in [2.75, 3.05) is 36.7 Å². The normalized spacial score (nSPS) is 18.6. The van der Waals surface area contributed by atoms with Crippen LogP contribution in [0.3, 0.4) is 0 Å². The van der Waals surface area contributed by atoms with Crippen LogP contribution in [-0.4, -0.2) is 48.4 Å². The summed E-state index contributed by atoms with van der Waals surface area (Å²) in [4.78, 5) is 10.9. The standard InChI is InChI=1S/C21H30N6OS/c1-14-5-10-18(28-4)17(13-14)25-21(29)24-16-8-6-15(7-9-16)23-20-22-12-11-19(26-20)27(2)3/h5,10-13,15-16H,6-9H2,1-4H3,(H,22,23,26)(H2,24,25,29)/t15-,16+. The summed E-state index contributed by atoms with van der Waals surface area (Å²) in [6.07, 6.45) is 5.96. The number of nitrogens with one attached hydrogen (secondary N) is 3. The predicted octanol–water partition coefficient (Wildman–Crippen LogP) is 3.57. The van der Waals surface area contributed by atoms with E-state index in [-0.39, 0.29) is 0 Å². The summed E-state index contributed by atoms with van der Waals surface area (Å²) in [6, 6.07) is 8.65. The van der Waals surface area contributed by atoms with Gasteiger partial charge in [0.25, 0.3) is 0 Å². The second-order valence-corrected chi connectivity index (χ2v) is 8.04. The monoisotopic (exact) mass is 414 g/mol. The Hall–Kier alpha value is -2.61. The van der Waals surface area contributed by atoms with Crippen molar-refractivity contribution >= 4 is 34.8 Å². The van der Waals surface area contributed by atoms with Crippen LogP contribution in [0.25, 0.3) is 0 Å². The van der Waals surface area contributed by atoms with E-state index < -0.39 is 0 Å². The average molecular weight is 415 g/mol. The highest BCUT2D eigenvalue weighted by molar-refractivity contribution is 7.80. The highest BCUT2D eigenvalue weighted by atomic mass is 32.1. The van der Waals surface area contributed by atoms with Crippen molar-refractivity contribution in [1.29, 1.82) is 0 Å². The summed E-state index contributed by atoms with van der Waals surface area (Å²) in [5.74, 6) is 2.38. The fourth-order valence-corrected chi connectivity index (χ4v) is 3.77. The molecule has 0 spiro atoms. The van der Waals surface area contributed by atoms with Gasteiger partial charge in [-0.1, -0.05) is 6.07 Å². The van der Waals surface area contributed by atoms with Crippen molar-refractivity contribution in [2.24, 2.45) is 0 Å². The largest absolute Gasteiger partial charge is 0.495 e. The van der Waals surface area contributed by atoms with Gasteiger partial charge in [0.2, 0.25) is 5.95 Å². The number of anilines is 3. The molecule has 3 N–H and O–H groups in total. The second kappa shape index (κ2) is 9.73. The number of aryl methyl sites for hydroxylation is 1. The molecule has 1 aromatic carbocycles. The number of nitrogens with zero attached hydrogens (tertiary/aromatic N) is 3. The van der Waals surface area contributed by atoms with Gasteiger partial charge in [-0.15, -0.1) is 0 Å². The Morgan fingerprint density at radius 2 is 1.86 bits per heavy atom. The van der Waals surface area contributed by atoms with Crippen LogP contribution in [0, 0.1) is 6.92 Å². The molecule has 0 saturated heterocycles. The van der Waals surface area contributed by atoms with Crippen molar-refractivity contribution in [3.63, 3.8) is 0 Å². The average Bonchev–Trinajstić information content (AvgIpc) is 2.70. The number of rotatable bonds is 6. The van der Waals surface area contributed by atoms with Crippen molar-refractivity contribution in [3.8, 4) is 5.75 Å². The van der Waals surface area contributed by atoms with E-state index in [2.05, 4.69) is 25.9 Å². The molecule has 8 heteroatoms. The molecule has 3 rings (SSSR count). The van der Waals surface area contributed by atoms with E-state index in [0.29, 0.717) is 23.1 Å². The lowest BCUT2D eigenvalue weighted by atomic mass is 9.91. The molecule has 1 heterocycles. The number of hydrogen-bond donors (Lipinski definition) is 3. The summed E-state index contributed by atoms with van der Waals surface area (Å²) < 4.78 is 5.41. The van der Waals surface area contributed by atoms with Gasteiger partial charge in [0.15, 0.2) is 5.11 Å². The minimum absolute atomic E-state index is 0.359. The van der Waals surface area contributed by atoms with Gasteiger partial charge < -0.3 is 25.6 Å². The Balaban J connectivity index is 1.48. The van der Waals surface area contributed by atoms with Gasteiger partial charge in [-0.3, -0.25) is 0 Å². The van der Waals surface area contributed by atoms with Gasteiger partial charge in [0.05, 0.1) is 12.8 Å². The molecule has 1 aliphatic rings. The van der Waals surface area contributed by atoms with Crippen LogP contribution in [0.1, 0.15) is 31.2 Å². The quantitative estimate of drug-likeness (QED) is 0.620. The summed E-state index contributed by atoms with van der Waals surface area (Å²) in [7, 11) is 5.62. The minimum Gasteiger partial charge on any atom is -0.495 e. The van der Waals surface area contributed by atoms with Gasteiger partial charge in [0.1, 0.15) is 11.6 Å². The highest BCUT2D eigenvalue weighted by Crippen LogP contribution is 2.26. The molecule has 1 aromatic heterocycles. The lowest BCUT2D eigenvalue weighted by Crippen LogP contribution is -2.42. The van der Waals surface area contributed by atoms with E-state index >= 15 is 0 Å². The summed E-state index contributed by atoms with van der Waals surface area (Å²) in [5, 5.41) is 10.8. The summed E-state index contributed by atoms with van der Waals surface area (Å²) in [5.41, 5.74) is 2.04. The van der Waals surface area contributed by atoms with Crippen LogP contribution < -0.4 is 25.6 Å². The van der Waals surface area contributed by atoms with E-state index in [1.807, 2.05) is 50.2 Å². The zero-order valence-electron chi connectivity index (χ0n) is 17.5. The molecule has 0 atom stereocenters. The smallest absolute Gasteiger partial charge is 0.224 e. The van der Waals surface area contributed by atoms with Crippen molar-refractivity contribution in [1.82, 2.24) is 15.3 Å². The third kappa shape index (κ3) is 5.93. The molecule has 1 saturated carbocycles. The molecule has 2 aromatic rings. The van der Waals surface area contributed by atoms with Crippen molar-refractivity contribution in [2.45, 2.75) is 44.7 Å². The summed E-state index contributed by atoms with van der Waals surface area (Å²) >= 11 is 5.52. The molecule has 29 heavy (non-hydrogen) atoms. The van der Waals surface area contributed by atoms with Crippen LogP contribution in [0.15, 0.2) is 30.5 Å². The van der Waals surface area contributed by atoms with E-state index in [1.165, 1.54) is 0 Å². The van der Waals surface area contributed by atoms with Crippen LogP contribution in [-0.2, 0) is 0 Å². The fraction of sp³-hybridized carbons (Fsp3) is 0.476. The fourth-order valence-electron chi connectivity index (χ4n) is 3.50. The van der Waals surface area contributed by atoms with E-state index in [0.717, 1.165) is 48.5 Å². The van der Waals surface area contributed by atoms with Gasteiger partial charge in [-0.05, 0) is 68.6 Å². The molecular weight excluding hydrogens is 384 g/mol. The first kappa shape index (κ1) is 21.1. The third-order valence-electron chi connectivity index (χ3n) is 5.10. The Morgan fingerprint density at radius 1 is 1.14 bits per heavy atom. The van der Waals surface area contributed by atoms with Gasteiger partial charge in [0, 0.05) is 32.4 Å². The van der Waals surface area contributed by atoms with Crippen molar-refractivity contribution in [3.05, 3.63) is 36.0 Å². The Labute approximate surface area is 178 Å². The van der Waals surface area contributed by atoms with E-state index in [4.69, 9.17) is 17.0 Å². The first-order chi connectivity index (χ1) is 13.9. The maximum atomic E-state index is 5.52. The predicted molar refractivity (Wildman–Crippen MR) is 123 cm³/mol. The summed E-state index contributed by atoms with van der Waals surface area (Å²) in [6.45, 7) is 2.05. The SMILES string of the molecule is COc1ccc(C)cc1NC(=S)N[C@H]1CC[C@@H](Nc2nccc(N(C)C)n2)CC1. The molecule has 7 nitrogen and oxygen atoms in total. The van der Waals surface area contributed by atoms with Gasteiger partial charge >= 0.3 is 0 Å². The molecule has 0 radical (unpaired) electrons. The van der Waals surface area contributed by atoms with E-state index in [1.54, 1.807) is 13.3 Å². The molecule has 1 aliphatic carbocycles. The van der Waals surface area contributed by atoms with Crippen LogP contribution in [0.2, 0.25) is 0 Å². The lowest BCUT2D eigenvalue weighted by molar-refractivity contribution is 0.387. The second-order valence-electron chi connectivity index (χ2n) is 7.63. The number of ether oxygens (including phenoxy) is 1. The van der Waals surface area contributed by atoms with Crippen LogP contribution in [0.5, 0.6) is 5.75 Å². The number of hydrogen-bond acceptors (Lipinski definition) is 6. The molecule has 0 amide bonds. The Morgan fingerprint density at radius 3 is 2.55 bits per heavy atom. The van der Waals surface area contributed by atoms with Gasteiger partial charge in [-0.2, -0.15) is 4.98 Å². The minimum atomic E-state index is 0.359. The maximum Gasteiger partial charge on any atom is 0.224 e. The lowest BCUT2D eigenvalue weighted by Gasteiger charge is -2.30. The third-order valence-corrected chi connectivity index (χ3v) is 5.32. The highest BCUT2D eigenvalue weighted by Gasteiger charge is 2.22. The Bertz CT molecular complexity index is 836. The zero-order chi connectivity index (χ0) is 20.8. The molecule has 0 unspecified atom stereocenters. The Kier molecular flexibility index (Phi) is 7.09. The van der Waals surface area contributed by atoms with Gasteiger partial charge in [-0.25, -0.2) is 4.98 Å². The van der Waals surface area contributed by atoms with Crippen LogP contribution >= 0.6 is 12.2 Å². The first-order valence-electron chi connectivity index (χ1n) is 9.93.